The van der Waals surface area contributed by atoms with E-state index in [1.165, 1.54) is 0 Å². The first-order valence-corrected chi connectivity index (χ1v) is 6.51. The van der Waals surface area contributed by atoms with E-state index in [1.54, 1.807) is 4.68 Å². The second-order valence-corrected chi connectivity index (χ2v) is 4.70. The summed E-state index contributed by atoms with van der Waals surface area (Å²) in [6.07, 6.45) is 3.98. The molecule has 18 heavy (non-hydrogen) atoms. The summed E-state index contributed by atoms with van der Waals surface area (Å²) in [5.41, 5.74) is 0.887. The molecule has 0 saturated heterocycles. The topological polar surface area (TPSA) is 43.0 Å². The quantitative estimate of drug-likeness (QED) is 0.853. The van der Waals surface area contributed by atoms with Gasteiger partial charge in [0.15, 0.2) is 5.76 Å². The van der Waals surface area contributed by atoms with Crippen LogP contribution in [0.15, 0.2) is 28.8 Å². The van der Waals surface area contributed by atoms with Gasteiger partial charge in [0.25, 0.3) is 0 Å². The van der Waals surface area contributed by atoms with Gasteiger partial charge in [-0.2, -0.15) is 5.10 Å². The minimum absolute atomic E-state index is 0.438. The van der Waals surface area contributed by atoms with Crippen LogP contribution >= 0.6 is 0 Å². The predicted octanol–water partition coefficient (Wildman–Crippen LogP) is 2.61. The standard InChI is InChI=1S/C14H21N3O/c1-4-8-15-11(2)10-12-5-6-14(18-12)13-7-9-17(3)16-13/h5-7,9,11,15H,4,8,10H2,1-3H3. The van der Waals surface area contributed by atoms with Gasteiger partial charge >= 0.3 is 0 Å². The van der Waals surface area contributed by atoms with Crippen molar-refractivity contribution in [2.24, 2.45) is 7.05 Å². The van der Waals surface area contributed by atoms with E-state index in [1.807, 2.05) is 31.4 Å². The van der Waals surface area contributed by atoms with Crippen molar-refractivity contribution >= 4 is 0 Å². The first-order valence-electron chi connectivity index (χ1n) is 6.51. The van der Waals surface area contributed by atoms with Crippen LogP contribution in [-0.2, 0) is 13.5 Å². The van der Waals surface area contributed by atoms with E-state index in [4.69, 9.17) is 4.42 Å². The lowest BCUT2D eigenvalue weighted by atomic mass is 10.2. The fraction of sp³-hybridized carbons (Fsp3) is 0.500. The maximum Gasteiger partial charge on any atom is 0.154 e. The smallest absolute Gasteiger partial charge is 0.154 e. The van der Waals surface area contributed by atoms with Crippen molar-refractivity contribution in [3.05, 3.63) is 30.2 Å². The maximum atomic E-state index is 5.82. The highest BCUT2D eigenvalue weighted by Crippen LogP contribution is 2.20. The van der Waals surface area contributed by atoms with E-state index in [9.17, 15) is 0 Å². The van der Waals surface area contributed by atoms with E-state index >= 15 is 0 Å². The molecule has 0 radical (unpaired) electrons. The number of furan rings is 1. The van der Waals surface area contributed by atoms with Crippen molar-refractivity contribution in [2.75, 3.05) is 6.54 Å². The largest absolute Gasteiger partial charge is 0.459 e. The Morgan fingerprint density at radius 2 is 2.22 bits per heavy atom. The molecule has 2 heterocycles. The molecule has 1 unspecified atom stereocenters. The molecule has 0 aliphatic rings. The van der Waals surface area contributed by atoms with Gasteiger partial charge in [-0.3, -0.25) is 4.68 Å². The zero-order valence-electron chi connectivity index (χ0n) is 11.3. The Hall–Kier alpha value is -1.55. The monoisotopic (exact) mass is 247 g/mol. The van der Waals surface area contributed by atoms with Gasteiger partial charge in [0.2, 0.25) is 0 Å². The minimum Gasteiger partial charge on any atom is -0.459 e. The van der Waals surface area contributed by atoms with Crippen LogP contribution in [0, 0.1) is 0 Å². The van der Waals surface area contributed by atoms with Gasteiger partial charge in [-0.25, -0.2) is 0 Å². The van der Waals surface area contributed by atoms with E-state index in [0.29, 0.717) is 6.04 Å². The van der Waals surface area contributed by atoms with Gasteiger partial charge in [-0.05, 0) is 38.1 Å². The van der Waals surface area contributed by atoms with Crippen molar-refractivity contribution in [3.8, 4) is 11.5 Å². The summed E-state index contributed by atoms with van der Waals surface area (Å²) in [7, 11) is 1.91. The van der Waals surface area contributed by atoms with Gasteiger partial charge in [0.1, 0.15) is 11.5 Å². The molecule has 0 amide bonds. The predicted molar refractivity (Wildman–Crippen MR) is 72.4 cm³/mol. The summed E-state index contributed by atoms with van der Waals surface area (Å²) in [4.78, 5) is 0. The molecular formula is C14H21N3O. The van der Waals surface area contributed by atoms with E-state index in [2.05, 4.69) is 24.3 Å². The van der Waals surface area contributed by atoms with Gasteiger partial charge < -0.3 is 9.73 Å². The highest BCUT2D eigenvalue weighted by molar-refractivity contribution is 5.51. The zero-order chi connectivity index (χ0) is 13.0. The molecule has 98 valence electrons. The van der Waals surface area contributed by atoms with Crippen LogP contribution in [0.3, 0.4) is 0 Å². The van der Waals surface area contributed by atoms with Crippen molar-refractivity contribution in [1.82, 2.24) is 15.1 Å². The highest BCUT2D eigenvalue weighted by atomic mass is 16.3. The minimum atomic E-state index is 0.438. The van der Waals surface area contributed by atoms with Crippen LogP contribution in [0.25, 0.3) is 11.5 Å². The Morgan fingerprint density at radius 1 is 1.39 bits per heavy atom. The number of hydrogen-bond donors (Lipinski definition) is 1. The normalized spacial score (nSPS) is 12.8. The van der Waals surface area contributed by atoms with Crippen molar-refractivity contribution in [3.63, 3.8) is 0 Å². The number of nitrogens with zero attached hydrogens (tertiary/aromatic N) is 2. The van der Waals surface area contributed by atoms with E-state index in [0.717, 1.165) is 36.6 Å². The fourth-order valence-corrected chi connectivity index (χ4v) is 1.94. The van der Waals surface area contributed by atoms with Crippen molar-refractivity contribution in [1.29, 1.82) is 0 Å². The first kappa shape index (κ1) is 12.9. The van der Waals surface area contributed by atoms with Crippen LogP contribution < -0.4 is 5.32 Å². The lowest BCUT2D eigenvalue weighted by molar-refractivity contribution is 0.463. The first-order chi connectivity index (χ1) is 8.69. The number of aromatic nitrogens is 2. The van der Waals surface area contributed by atoms with Gasteiger partial charge in [-0.1, -0.05) is 6.92 Å². The lowest BCUT2D eigenvalue weighted by Gasteiger charge is -2.10. The van der Waals surface area contributed by atoms with Crippen molar-refractivity contribution < 1.29 is 4.42 Å². The Kier molecular flexibility index (Phi) is 4.20. The Balaban J connectivity index is 1.98. The molecule has 0 aromatic carbocycles. The van der Waals surface area contributed by atoms with Crippen LogP contribution in [0.4, 0.5) is 0 Å². The van der Waals surface area contributed by atoms with Gasteiger partial charge in [-0.15, -0.1) is 0 Å². The van der Waals surface area contributed by atoms with Crippen LogP contribution in [0.5, 0.6) is 0 Å². The second kappa shape index (κ2) is 5.87. The molecule has 2 aromatic heterocycles. The molecule has 0 aliphatic carbocycles. The molecule has 0 fully saturated rings. The fourth-order valence-electron chi connectivity index (χ4n) is 1.94. The van der Waals surface area contributed by atoms with Crippen LogP contribution in [0.2, 0.25) is 0 Å². The summed E-state index contributed by atoms with van der Waals surface area (Å²) in [5, 5.41) is 7.78. The summed E-state index contributed by atoms with van der Waals surface area (Å²) < 4.78 is 7.60. The summed E-state index contributed by atoms with van der Waals surface area (Å²) >= 11 is 0. The van der Waals surface area contributed by atoms with Crippen molar-refractivity contribution in [2.45, 2.75) is 32.7 Å². The summed E-state index contributed by atoms with van der Waals surface area (Å²) in [6, 6.07) is 6.42. The molecule has 2 rings (SSSR count). The Morgan fingerprint density at radius 3 is 2.89 bits per heavy atom. The SMILES string of the molecule is CCCNC(C)Cc1ccc(-c2ccn(C)n2)o1. The summed E-state index contributed by atoms with van der Waals surface area (Å²) in [5.74, 6) is 1.85. The molecule has 1 atom stereocenters. The third-order valence-corrected chi connectivity index (χ3v) is 2.88. The molecule has 0 aliphatic heterocycles. The second-order valence-electron chi connectivity index (χ2n) is 4.70. The molecule has 1 N–H and O–H groups in total. The molecule has 0 bridgehead atoms. The molecule has 4 nitrogen and oxygen atoms in total. The highest BCUT2D eigenvalue weighted by Gasteiger charge is 2.09. The molecular weight excluding hydrogens is 226 g/mol. The molecule has 4 heteroatoms. The zero-order valence-corrected chi connectivity index (χ0v) is 11.3. The molecule has 0 saturated carbocycles. The number of aryl methyl sites for hydroxylation is 1. The van der Waals surface area contributed by atoms with E-state index < -0.39 is 0 Å². The van der Waals surface area contributed by atoms with Crippen LogP contribution in [0.1, 0.15) is 26.0 Å². The van der Waals surface area contributed by atoms with E-state index in [-0.39, 0.29) is 0 Å². The third kappa shape index (κ3) is 3.23. The third-order valence-electron chi connectivity index (χ3n) is 2.88. The average Bonchev–Trinajstić information content (AvgIpc) is 2.95. The Bertz CT molecular complexity index is 487. The number of hydrogen-bond acceptors (Lipinski definition) is 3. The lowest BCUT2D eigenvalue weighted by Crippen LogP contribution is -2.28. The van der Waals surface area contributed by atoms with Crippen LogP contribution in [-0.4, -0.2) is 22.4 Å². The number of nitrogens with one attached hydrogen (secondary N) is 1. The Labute approximate surface area is 108 Å². The van der Waals surface area contributed by atoms with Gasteiger partial charge in [0, 0.05) is 25.7 Å². The maximum absolute atomic E-state index is 5.82. The molecule has 0 spiro atoms. The van der Waals surface area contributed by atoms with Gasteiger partial charge in [0.05, 0.1) is 0 Å². The molecule has 2 aromatic rings. The summed E-state index contributed by atoms with van der Waals surface area (Å²) in [6.45, 7) is 5.40. The average molecular weight is 247 g/mol. The number of rotatable bonds is 6.